The number of benzene rings is 6. The van der Waals surface area contributed by atoms with E-state index >= 15 is 0 Å². The maximum Gasteiger partial charge on any atom is 0.164 e. The predicted molar refractivity (Wildman–Crippen MR) is 200 cm³/mol. The molecule has 0 spiro atoms. The Kier molecular flexibility index (Phi) is 6.32. The fourth-order valence-corrected chi connectivity index (χ4v) is 7.97. The Morgan fingerprint density at radius 2 is 0.939 bits per heavy atom. The van der Waals surface area contributed by atoms with Gasteiger partial charge in [0.1, 0.15) is 0 Å². The van der Waals surface area contributed by atoms with Crippen molar-refractivity contribution in [3.05, 3.63) is 160 Å². The van der Waals surface area contributed by atoms with Gasteiger partial charge in [-0.1, -0.05) is 124 Å². The smallest absolute Gasteiger partial charge is 0.164 e. The van der Waals surface area contributed by atoms with E-state index < -0.39 is 0 Å². The third-order valence-electron chi connectivity index (χ3n) is 10.6. The lowest BCUT2D eigenvalue weighted by Crippen LogP contribution is -2.24. The molecule has 0 amide bonds. The van der Waals surface area contributed by atoms with Gasteiger partial charge in [-0.2, -0.15) is 0 Å². The van der Waals surface area contributed by atoms with E-state index in [0.717, 1.165) is 27.8 Å². The van der Waals surface area contributed by atoms with E-state index in [1.54, 1.807) is 0 Å². The molecular weight excluding hydrogens is 595 g/mol. The SMILES string of the molecule is Cc1cc2c3c4c(cccc14)C(C)(C)c1cc(C#Cc4ccc(-c5nc(-c6ccccc6)nc(-c6ccccc6)n5)cc4)cc(c1-3)C2(C)C. The molecule has 0 saturated carbocycles. The van der Waals surface area contributed by atoms with Crippen LogP contribution in [-0.4, -0.2) is 15.0 Å². The average molecular weight is 630 g/mol. The largest absolute Gasteiger partial charge is 0.208 e. The van der Waals surface area contributed by atoms with Crippen LogP contribution in [0.5, 0.6) is 0 Å². The fraction of sp³-hybridized carbons (Fsp3) is 0.152. The standard InChI is InChI=1S/C46H35N3/c1-28-25-36-41-39-34(28)17-12-18-35(39)45(2,3)37-26-30(27-38(40(37)41)46(36,4)5)20-19-29-21-23-33(24-22-29)44-48-42(31-13-8-6-9-14-31)47-43(49-44)32-15-10-7-11-16-32/h6-18,21-27H,1-5H3. The molecule has 1 heterocycles. The number of hydrogen-bond donors (Lipinski definition) is 0. The lowest BCUT2D eigenvalue weighted by Gasteiger charge is -2.35. The molecule has 234 valence electrons. The van der Waals surface area contributed by atoms with E-state index in [1.807, 2.05) is 60.7 Å². The van der Waals surface area contributed by atoms with Gasteiger partial charge in [0.2, 0.25) is 0 Å². The van der Waals surface area contributed by atoms with Crippen molar-refractivity contribution in [1.29, 1.82) is 0 Å². The highest BCUT2D eigenvalue weighted by atomic mass is 15.0. The second-order valence-electron chi connectivity index (χ2n) is 14.4. The molecule has 1 aromatic heterocycles. The van der Waals surface area contributed by atoms with Crippen molar-refractivity contribution in [2.24, 2.45) is 0 Å². The van der Waals surface area contributed by atoms with Gasteiger partial charge in [-0.05, 0) is 93.0 Å². The molecule has 6 aromatic carbocycles. The van der Waals surface area contributed by atoms with E-state index in [1.165, 1.54) is 49.7 Å². The van der Waals surface area contributed by atoms with Crippen LogP contribution in [0.4, 0.5) is 0 Å². The first kappa shape index (κ1) is 29.3. The predicted octanol–water partition coefficient (Wildman–Crippen LogP) is 10.7. The Morgan fingerprint density at radius 3 is 1.51 bits per heavy atom. The molecule has 0 fully saturated rings. The molecule has 2 aliphatic carbocycles. The third kappa shape index (κ3) is 4.48. The molecule has 3 heteroatoms. The summed E-state index contributed by atoms with van der Waals surface area (Å²) in [7, 11) is 0. The molecule has 0 N–H and O–H groups in total. The van der Waals surface area contributed by atoms with Crippen LogP contribution in [-0.2, 0) is 10.8 Å². The molecule has 0 saturated heterocycles. The summed E-state index contributed by atoms with van der Waals surface area (Å²) in [6.45, 7) is 11.7. The fourth-order valence-electron chi connectivity index (χ4n) is 7.97. The van der Waals surface area contributed by atoms with Crippen molar-refractivity contribution in [1.82, 2.24) is 15.0 Å². The number of rotatable bonds is 3. The average Bonchev–Trinajstić information content (AvgIpc) is 3.36. The Morgan fingerprint density at radius 1 is 0.449 bits per heavy atom. The molecule has 3 nitrogen and oxygen atoms in total. The normalized spacial score (nSPS) is 14.4. The van der Waals surface area contributed by atoms with Gasteiger partial charge in [-0.25, -0.2) is 15.0 Å². The summed E-state index contributed by atoms with van der Waals surface area (Å²) in [6.07, 6.45) is 0. The van der Waals surface area contributed by atoms with Crippen molar-refractivity contribution in [2.75, 3.05) is 0 Å². The molecule has 9 rings (SSSR count). The monoisotopic (exact) mass is 629 g/mol. The molecule has 0 radical (unpaired) electrons. The Bertz CT molecular complexity index is 2470. The van der Waals surface area contributed by atoms with Gasteiger partial charge in [-0.3, -0.25) is 0 Å². The minimum absolute atomic E-state index is 0.104. The highest BCUT2D eigenvalue weighted by Gasteiger charge is 2.45. The van der Waals surface area contributed by atoms with Crippen LogP contribution in [0.3, 0.4) is 0 Å². The zero-order valence-electron chi connectivity index (χ0n) is 28.4. The number of nitrogens with zero attached hydrogens (tertiary/aromatic N) is 3. The summed E-state index contributed by atoms with van der Waals surface area (Å²) in [5.74, 6) is 8.97. The highest BCUT2D eigenvalue weighted by molar-refractivity contribution is 6.09. The summed E-state index contributed by atoms with van der Waals surface area (Å²) in [4.78, 5) is 14.6. The van der Waals surface area contributed by atoms with E-state index in [0.29, 0.717) is 17.5 Å². The molecular formula is C46H35N3. The first-order chi connectivity index (χ1) is 23.7. The molecule has 0 bridgehead atoms. The number of hydrogen-bond acceptors (Lipinski definition) is 3. The zero-order chi connectivity index (χ0) is 33.5. The Labute approximate surface area is 287 Å². The molecule has 0 aliphatic heterocycles. The van der Waals surface area contributed by atoms with Gasteiger partial charge in [0.25, 0.3) is 0 Å². The van der Waals surface area contributed by atoms with Gasteiger partial charge in [0, 0.05) is 38.6 Å². The van der Waals surface area contributed by atoms with Crippen LogP contribution in [0.15, 0.2) is 121 Å². The van der Waals surface area contributed by atoms with Crippen molar-refractivity contribution >= 4 is 10.8 Å². The van der Waals surface area contributed by atoms with E-state index in [-0.39, 0.29) is 10.8 Å². The van der Waals surface area contributed by atoms with Crippen LogP contribution >= 0.6 is 0 Å². The second-order valence-corrected chi connectivity index (χ2v) is 14.4. The van der Waals surface area contributed by atoms with Crippen molar-refractivity contribution < 1.29 is 0 Å². The molecule has 2 aliphatic rings. The van der Waals surface area contributed by atoms with Gasteiger partial charge < -0.3 is 0 Å². The molecule has 0 unspecified atom stereocenters. The lowest BCUT2D eigenvalue weighted by atomic mass is 9.68. The third-order valence-corrected chi connectivity index (χ3v) is 10.6. The molecule has 49 heavy (non-hydrogen) atoms. The minimum Gasteiger partial charge on any atom is -0.208 e. The maximum atomic E-state index is 4.88. The summed E-state index contributed by atoms with van der Waals surface area (Å²) in [5.41, 5.74) is 14.4. The van der Waals surface area contributed by atoms with Crippen molar-refractivity contribution in [3.8, 4) is 57.1 Å². The summed E-state index contributed by atoms with van der Waals surface area (Å²) >= 11 is 0. The molecule has 7 aromatic rings. The van der Waals surface area contributed by atoms with Gasteiger partial charge in [0.15, 0.2) is 17.5 Å². The van der Waals surface area contributed by atoms with Crippen molar-refractivity contribution in [2.45, 2.75) is 45.4 Å². The lowest BCUT2D eigenvalue weighted by molar-refractivity contribution is 0.639. The van der Waals surface area contributed by atoms with Crippen LogP contribution in [0.2, 0.25) is 0 Å². The van der Waals surface area contributed by atoms with Gasteiger partial charge in [0.05, 0.1) is 0 Å². The van der Waals surface area contributed by atoms with E-state index in [2.05, 4.69) is 107 Å². The van der Waals surface area contributed by atoms with E-state index in [4.69, 9.17) is 15.0 Å². The zero-order valence-corrected chi connectivity index (χ0v) is 28.4. The highest BCUT2D eigenvalue weighted by Crippen LogP contribution is 2.60. The molecule has 0 atom stereocenters. The summed E-state index contributed by atoms with van der Waals surface area (Å²) in [6, 6.07) is 42.3. The number of aromatic nitrogens is 3. The first-order valence-electron chi connectivity index (χ1n) is 17.0. The van der Waals surface area contributed by atoms with Gasteiger partial charge in [-0.15, -0.1) is 0 Å². The van der Waals surface area contributed by atoms with Gasteiger partial charge >= 0.3 is 0 Å². The topological polar surface area (TPSA) is 38.7 Å². The first-order valence-corrected chi connectivity index (χ1v) is 17.0. The quantitative estimate of drug-likeness (QED) is 0.183. The number of aryl methyl sites for hydroxylation is 1. The summed E-state index contributed by atoms with van der Waals surface area (Å²) in [5, 5.41) is 2.81. The van der Waals surface area contributed by atoms with E-state index in [9.17, 15) is 0 Å². The second kappa shape index (κ2) is 10.6. The van der Waals surface area contributed by atoms with Crippen LogP contribution < -0.4 is 0 Å². The summed E-state index contributed by atoms with van der Waals surface area (Å²) < 4.78 is 0. The maximum absolute atomic E-state index is 4.88. The van der Waals surface area contributed by atoms with Crippen LogP contribution in [0, 0.1) is 18.8 Å². The Hall–Kier alpha value is -5.85. The Balaban J connectivity index is 1.11. The van der Waals surface area contributed by atoms with Crippen LogP contribution in [0.25, 0.3) is 56.1 Å². The minimum atomic E-state index is -0.136. The van der Waals surface area contributed by atoms with Crippen molar-refractivity contribution in [3.63, 3.8) is 0 Å². The van der Waals surface area contributed by atoms with Crippen LogP contribution in [0.1, 0.15) is 66.6 Å².